The topological polar surface area (TPSA) is 40.2 Å². The molecule has 5 nitrogen and oxygen atoms in total. The third-order valence-corrected chi connectivity index (χ3v) is 9.26. The van der Waals surface area contributed by atoms with Crippen LogP contribution in [0.4, 0.5) is 0 Å². The summed E-state index contributed by atoms with van der Waals surface area (Å²) in [4.78, 5) is 0. The van der Waals surface area contributed by atoms with Crippen molar-refractivity contribution >= 4 is 54.1 Å². The average Bonchev–Trinajstić information content (AvgIpc) is 3.17. The van der Waals surface area contributed by atoms with Crippen LogP contribution in [0.1, 0.15) is 41.5 Å². The van der Waals surface area contributed by atoms with E-state index >= 15 is 0 Å². The predicted octanol–water partition coefficient (Wildman–Crippen LogP) is 8.34. The first-order chi connectivity index (χ1) is 12.7. The summed E-state index contributed by atoms with van der Waals surface area (Å²) in [6.45, 7) is 12.1. The predicted molar refractivity (Wildman–Crippen MR) is 114 cm³/mol. The van der Waals surface area contributed by atoms with Crippen molar-refractivity contribution in [1.82, 2.24) is 4.67 Å². The Bertz CT molecular complexity index is 903. The Morgan fingerprint density at radius 3 is 1.32 bits per heavy atom. The summed E-state index contributed by atoms with van der Waals surface area (Å²) in [5, 5.41) is 0.325. The molecule has 0 atom stereocenters. The van der Waals surface area contributed by atoms with Crippen molar-refractivity contribution < 1.29 is 18.1 Å². The maximum atomic E-state index is 6.39. The van der Waals surface area contributed by atoms with Gasteiger partial charge < -0.3 is 0 Å². The molecule has 0 fully saturated rings. The standard InChI is InChI=1S/C18H20Cl4NO4P/c1-17(2,3)9-7-23-8-10(18(4,5)6)25-28(23,24-9)26-15-13(21)11(19)12(20)14(22)16(15)27-28/h7-8H,1-6H3. The van der Waals surface area contributed by atoms with Crippen LogP contribution < -0.4 is 9.05 Å². The van der Waals surface area contributed by atoms with Crippen LogP contribution in [0.15, 0.2) is 23.9 Å². The van der Waals surface area contributed by atoms with Gasteiger partial charge in [-0.05, 0) is 0 Å². The summed E-state index contributed by atoms with van der Waals surface area (Å²) in [5.74, 6) is 1.59. The van der Waals surface area contributed by atoms with Crippen LogP contribution in [0.25, 0.3) is 0 Å². The summed E-state index contributed by atoms with van der Waals surface area (Å²) < 4.78 is 27.1. The number of halogens is 4. The molecule has 0 saturated carbocycles. The fourth-order valence-electron chi connectivity index (χ4n) is 2.86. The zero-order valence-electron chi connectivity index (χ0n) is 16.2. The summed E-state index contributed by atoms with van der Waals surface area (Å²) in [6, 6.07) is 0. The van der Waals surface area contributed by atoms with Gasteiger partial charge >= 0.3 is 185 Å². The fraction of sp³-hybridized carbons (Fsp3) is 0.444. The Morgan fingerprint density at radius 2 is 1.00 bits per heavy atom. The fourth-order valence-corrected chi connectivity index (χ4v) is 7.31. The van der Waals surface area contributed by atoms with Crippen molar-refractivity contribution in [3.8, 4) is 11.5 Å². The van der Waals surface area contributed by atoms with Crippen molar-refractivity contribution in [2.75, 3.05) is 0 Å². The van der Waals surface area contributed by atoms with Crippen molar-refractivity contribution in [1.29, 1.82) is 0 Å². The second-order valence-corrected chi connectivity index (χ2v) is 13.2. The first-order valence-corrected chi connectivity index (χ1v) is 12.0. The molecule has 3 aliphatic rings. The van der Waals surface area contributed by atoms with Gasteiger partial charge in [-0.25, -0.2) is 0 Å². The van der Waals surface area contributed by atoms with Gasteiger partial charge in [-0.3, -0.25) is 0 Å². The van der Waals surface area contributed by atoms with Gasteiger partial charge in [-0.15, -0.1) is 0 Å². The molecule has 10 heteroatoms. The number of nitrogens with zero attached hydrogens (tertiary/aromatic N) is 1. The van der Waals surface area contributed by atoms with Gasteiger partial charge in [0.2, 0.25) is 0 Å². The van der Waals surface area contributed by atoms with E-state index in [4.69, 9.17) is 64.5 Å². The van der Waals surface area contributed by atoms with Crippen molar-refractivity contribution in [2.45, 2.75) is 41.5 Å². The molecule has 154 valence electrons. The van der Waals surface area contributed by atoms with E-state index in [0.717, 1.165) is 0 Å². The van der Waals surface area contributed by atoms with Crippen molar-refractivity contribution in [2.24, 2.45) is 10.8 Å². The molecular formula is C18H20Cl4NO4P. The second-order valence-electron chi connectivity index (χ2n) is 8.92. The molecule has 1 aromatic rings. The Kier molecular flexibility index (Phi) is 4.19. The summed E-state index contributed by atoms with van der Waals surface area (Å²) in [5.41, 5.74) is -0.638. The monoisotopic (exact) mass is 485 g/mol. The van der Waals surface area contributed by atoms with E-state index < -0.39 is 7.66 Å². The Morgan fingerprint density at radius 1 is 0.643 bits per heavy atom. The molecule has 0 N–H and O–H groups in total. The normalized spacial score (nSPS) is 22.8. The quantitative estimate of drug-likeness (QED) is 0.209. The summed E-state index contributed by atoms with van der Waals surface area (Å²) >= 11 is 25.2. The van der Waals surface area contributed by atoms with Crippen LogP contribution in [-0.4, -0.2) is 4.67 Å². The van der Waals surface area contributed by atoms with Gasteiger partial charge in [-0.1, -0.05) is 0 Å². The number of rotatable bonds is 0. The minimum absolute atomic E-state index is 0.0762. The third kappa shape index (κ3) is 2.63. The summed E-state index contributed by atoms with van der Waals surface area (Å²) in [7, 11) is -4.39. The van der Waals surface area contributed by atoms with Crippen LogP contribution in [0.5, 0.6) is 11.5 Å². The molecule has 3 aliphatic heterocycles. The van der Waals surface area contributed by atoms with E-state index in [1.165, 1.54) is 0 Å². The molecule has 28 heavy (non-hydrogen) atoms. The third-order valence-electron chi connectivity index (χ3n) is 4.53. The number of benzene rings is 1. The van der Waals surface area contributed by atoms with Gasteiger partial charge in [0.1, 0.15) is 0 Å². The van der Waals surface area contributed by atoms with Crippen LogP contribution in [0, 0.1) is 10.8 Å². The van der Waals surface area contributed by atoms with Gasteiger partial charge in [-0.2, -0.15) is 0 Å². The van der Waals surface area contributed by atoms with E-state index in [1.807, 2.05) is 53.9 Å². The molecule has 0 amide bonds. The molecule has 0 aliphatic carbocycles. The van der Waals surface area contributed by atoms with Crippen molar-refractivity contribution in [3.05, 3.63) is 44.0 Å². The first-order valence-electron chi connectivity index (χ1n) is 8.60. The number of fused-ring (bicyclic) bond motifs is 1. The molecule has 0 radical (unpaired) electrons. The first kappa shape index (κ1) is 20.6. The number of allylic oxidation sites excluding steroid dienone is 2. The number of hydrogen-bond acceptors (Lipinski definition) is 5. The van der Waals surface area contributed by atoms with Gasteiger partial charge in [0.25, 0.3) is 0 Å². The molecule has 0 saturated heterocycles. The Balaban J connectivity index is 1.91. The SMILES string of the molecule is CC(C)(C)C1=CN2C=C(C(C)(C)C)OP23(O1)Oc1c(Cl)c(Cl)c(Cl)c(Cl)c1O3. The van der Waals surface area contributed by atoms with Crippen LogP contribution in [0.3, 0.4) is 0 Å². The van der Waals surface area contributed by atoms with Crippen LogP contribution >= 0.6 is 54.1 Å². The number of hydrogen-bond donors (Lipinski definition) is 0. The van der Waals surface area contributed by atoms with Gasteiger partial charge in [0.05, 0.1) is 0 Å². The second kappa shape index (κ2) is 5.70. The molecule has 0 aromatic heterocycles. The summed E-state index contributed by atoms with van der Waals surface area (Å²) in [6.07, 6.45) is 3.65. The molecule has 4 rings (SSSR count). The maximum absolute atomic E-state index is 6.39. The van der Waals surface area contributed by atoms with E-state index in [2.05, 4.69) is 0 Å². The van der Waals surface area contributed by atoms with Crippen LogP contribution in [0.2, 0.25) is 20.1 Å². The zero-order chi connectivity index (χ0) is 20.9. The van der Waals surface area contributed by atoms with Gasteiger partial charge in [0, 0.05) is 0 Å². The molecule has 1 aromatic carbocycles. The van der Waals surface area contributed by atoms with Crippen molar-refractivity contribution in [3.63, 3.8) is 0 Å². The Hall–Kier alpha value is -0.710. The molecular weight excluding hydrogens is 467 g/mol. The molecule has 0 unspecified atom stereocenters. The van der Waals surface area contributed by atoms with E-state index in [9.17, 15) is 0 Å². The van der Waals surface area contributed by atoms with Gasteiger partial charge in [0.15, 0.2) is 0 Å². The molecule has 1 spiro atoms. The minimum atomic E-state index is -4.39. The molecule has 3 heterocycles. The zero-order valence-corrected chi connectivity index (χ0v) is 20.1. The molecule has 0 bridgehead atoms. The van der Waals surface area contributed by atoms with E-state index in [-0.39, 0.29) is 42.4 Å². The average molecular weight is 487 g/mol. The van der Waals surface area contributed by atoms with Crippen LogP contribution in [-0.2, 0) is 9.05 Å². The van der Waals surface area contributed by atoms with E-state index in [1.54, 1.807) is 4.67 Å². The van der Waals surface area contributed by atoms with E-state index in [0.29, 0.717) is 11.5 Å². The Labute approximate surface area is 184 Å².